The summed E-state index contributed by atoms with van der Waals surface area (Å²) in [4.78, 5) is 10.6. The standard InChI is InChI=1S/C26H27N7/c1-2-8-31(9-3-1)18-23-13-21-7-6-20(12-25(21)28-23)17-33-19-26(29-30-33)22-14-24(16-27-15-22)32-10-4-5-11-32/h4-7,10-16,19,28H,1-3,8-9,17-18H2. The van der Waals surface area contributed by atoms with Gasteiger partial charge in [-0.1, -0.05) is 23.8 Å². The molecule has 0 atom stereocenters. The SMILES string of the molecule is c1ccn(-c2cncc(-c3cn(Cc4ccc5cc(CN6CCCCC6)[nH]c5c4)nn3)c2)c1. The van der Waals surface area contributed by atoms with E-state index in [1.54, 1.807) is 0 Å². The molecule has 1 saturated heterocycles. The lowest BCUT2D eigenvalue weighted by Gasteiger charge is -2.25. The van der Waals surface area contributed by atoms with Crippen molar-refractivity contribution in [3.63, 3.8) is 0 Å². The third-order valence-electron chi connectivity index (χ3n) is 6.39. The van der Waals surface area contributed by atoms with Gasteiger partial charge in [-0.2, -0.15) is 0 Å². The second-order valence-corrected chi connectivity index (χ2v) is 8.88. The number of aromatic amines is 1. The Hall–Kier alpha value is -3.71. The number of fused-ring (bicyclic) bond motifs is 1. The van der Waals surface area contributed by atoms with Crippen molar-refractivity contribution >= 4 is 10.9 Å². The number of nitrogens with one attached hydrogen (secondary N) is 1. The Morgan fingerprint density at radius 3 is 2.67 bits per heavy atom. The molecule has 0 spiro atoms. The Labute approximate surface area is 192 Å². The number of rotatable bonds is 6. The summed E-state index contributed by atoms with van der Waals surface area (Å²) in [5, 5.41) is 10.0. The molecule has 5 aromatic rings. The summed E-state index contributed by atoms with van der Waals surface area (Å²) in [6, 6.07) is 15.0. The maximum absolute atomic E-state index is 4.39. The van der Waals surface area contributed by atoms with Crippen molar-refractivity contribution < 1.29 is 0 Å². The average Bonchev–Trinajstić information content (AvgIpc) is 3.61. The highest BCUT2D eigenvalue weighted by atomic mass is 15.4. The highest BCUT2D eigenvalue weighted by molar-refractivity contribution is 5.81. The highest BCUT2D eigenvalue weighted by Gasteiger charge is 2.12. The largest absolute Gasteiger partial charge is 0.357 e. The van der Waals surface area contributed by atoms with E-state index in [9.17, 15) is 0 Å². The van der Waals surface area contributed by atoms with Gasteiger partial charge in [0.25, 0.3) is 0 Å². The molecule has 0 amide bonds. The van der Waals surface area contributed by atoms with Crippen molar-refractivity contribution in [2.24, 2.45) is 0 Å². The first-order chi connectivity index (χ1) is 16.3. The monoisotopic (exact) mass is 437 g/mol. The average molecular weight is 438 g/mol. The van der Waals surface area contributed by atoms with Crippen LogP contribution in [0.25, 0.3) is 27.8 Å². The molecule has 1 aliphatic rings. The summed E-state index contributed by atoms with van der Waals surface area (Å²) in [7, 11) is 0. The highest BCUT2D eigenvalue weighted by Crippen LogP contribution is 2.22. The van der Waals surface area contributed by atoms with Crippen molar-refractivity contribution in [3.05, 3.63) is 84.7 Å². The number of likely N-dealkylation sites (tertiary alicyclic amines) is 1. The molecule has 0 aliphatic carbocycles. The normalized spacial score (nSPS) is 14.8. The Bertz CT molecular complexity index is 1360. The molecular weight excluding hydrogens is 410 g/mol. The predicted octanol–water partition coefficient (Wildman–Crippen LogP) is 4.65. The maximum Gasteiger partial charge on any atom is 0.114 e. The number of benzene rings is 1. The molecule has 1 fully saturated rings. The van der Waals surface area contributed by atoms with Crippen LogP contribution in [0, 0.1) is 0 Å². The molecule has 7 heteroatoms. The van der Waals surface area contributed by atoms with Crippen LogP contribution in [0.5, 0.6) is 0 Å². The van der Waals surface area contributed by atoms with E-state index in [4.69, 9.17) is 0 Å². The zero-order valence-corrected chi connectivity index (χ0v) is 18.6. The molecule has 33 heavy (non-hydrogen) atoms. The van der Waals surface area contributed by atoms with Crippen molar-refractivity contribution in [1.29, 1.82) is 0 Å². The Morgan fingerprint density at radius 2 is 1.79 bits per heavy atom. The van der Waals surface area contributed by atoms with Crippen molar-refractivity contribution in [2.75, 3.05) is 13.1 Å². The summed E-state index contributed by atoms with van der Waals surface area (Å²) in [5.41, 5.74) is 6.45. The lowest BCUT2D eigenvalue weighted by molar-refractivity contribution is 0.219. The van der Waals surface area contributed by atoms with Crippen LogP contribution in [-0.4, -0.2) is 47.5 Å². The Morgan fingerprint density at radius 1 is 0.909 bits per heavy atom. The van der Waals surface area contributed by atoms with Crippen LogP contribution >= 0.6 is 0 Å². The summed E-state index contributed by atoms with van der Waals surface area (Å²) >= 11 is 0. The molecule has 1 aliphatic heterocycles. The van der Waals surface area contributed by atoms with Crippen LogP contribution in [-0.2, 0) is 13.1 Å². The summed E-state index contributed by atoms with van der Waals surface area (Å²) in [6.07, 6.45) is 13.7. The molecule has 6 rings (SSSR count). The van der Waals surface area contributed by atoms with Crippen LogP contribution in [0.2, 0.25) is 0 Å². The number of H-pyrrole nitrogens is 1. The summed E-state index contributed by atoms with van der Waals surface area (Å²) < 4.78 is 3.92. The van der Waals surface area contributed by atoms with E-state index in [0.29, 0.717) is 6.54 Å². The number of nitrogens with zero attached hydrogens (tertiary/aromatic N) is 6. The van der Waals surface area contributed by atoms with Gasteiger partial charge in [-0.05, 0) is 67.2 Å². The Kier molecular flexibility index (Phi) is 5.24. The topological polar surface area (TPSA) is 67.6 Å². The van der Waals surface area contributed by atoms with E-state index in [2.05, 4.69) is 55.5 Å². The number of pyridine rings is 1. The molecule has 4 aromatic heterocycles. The molecule has 0 bridgehead atoms. The second kappa shape index (κ2) is 8.67. The van der Waals surface area contributed by atoms with Gasteiger partial charge < -0.3 is 9.55 Å². The zero-order chi connectivity index (χ0) is 22.0. The lowest BCUT2D eigenvalue weighted by atomic mass is 10.1. The van der Waals surface area contributed by atoms with Gasteiger partial charge in [0.15, 0.2) is 0 Å². The van der Waals surface area contributed by atoms with E-state index in [1.807, 2.05) is 52.4 Å². The van der Waals surface area contributed by atoms with Crippen molar-refractivity contribution in [1.82, 2.24) is 34.4 Å². The van der Waals surface area contributed by atoms with E-state index in [1.165, 1.54) is 54.5 Å². The quantitative estimate of drug-likeness (QED) is 0.420. The van der Waals surface area contributed by atoms with Gasteiger partial charge in [-0.3, -0.25) is 9.88 Å². The van der Waals surface area contributed by atoms with Crippen LogP contribution < -0.4 is 0 Å². The van der Waals surface area contributed by atoms with Gasteiger partial charge in [-0.25, -0.2) is 4.68 Å². The molecule has 0 radical (unpaired) electrons. The third-order valence-corrected chi connectivity index (χ3v) is 6.39. The van der Waals surface area contributed by atoms with E-state index < -0.39 is 0 Å². The summed E-state index contributed by atoms with van der Waals surface area (Å²) in [5.74, 6) is 0. The smallest absolute Gasteiger partial charge is 0.114 e. The van der Waals surface area contributed by atoms with Crippen molar-refractivity contribution in [3.8, 4) is 16.9 Å². The van der Waals surface area contributed by atoms with Gasteiger partial charge in [0.05, 0.1) is 24.6 Å². The third kappa shape index (κ3) is 4.32. The molecule has 0 unspecified atom stereocenters. The molecule has 7 nitrogen and oxygen atoms in total. The summed E-state index contributed by atoms with van der Waals surface area (Å²) in [6.45, 7) is 4.10. The number of hydrogen-bond donors (Lipinski definition) is 1. The first kappa shape index (κ1) is 19.9. The van der Waals surface area contributed by atoms with Gasteiger partial charge in [-0.15, -0.1) is 5.10 Å². The molecule has 5 heterocycles. The minimum Gasteiger partial charge on any atom is -0.357 e. The number of piperidine rings is 1. The zero-order valence-electron chi connectivity index (χ0n) is 18.6. The van der Waals surface area contributed by atoms with Gasteiger partial charge in [0.1, 0.15) is 5.69 Å². The lowest BCUT2D eigenvalue weighted by Crippen LogP contribution is -2.29. The van der Waals surface area contributed by atoms with Crippen LogP contribution in [0.3, 0.4) is 0 Å². The van der Waals surface area contributed by atoms with Crippen molar-refractivity contribution in [2.45, 2.75) is 32.4 Å². The van der Waals surface area contributed by atoms with Gasteiger partial charge >= 0.3 is 0 Å². The fourth-order valence-electron chi connectivity index (χ4n) is 4.69. The minimum atomic E-state index is 0.675. The first-order valence-electron chi connectivity index (χ1n) is 11.6. The van der Waals surface area contributed by atoms with E-state index in [0.717, 1.165) is 23.5 Å². The predicted molar refractivity (Wildman–Crippen MR) is 129 cm³/mol. The minimum absolute atomic E-state index is 0.675. The van der Waals surface area contributed by atoms with Crippen LogP contribution in [0.15, 0.2) is 73.4 Å². The van der Waals surface area contributed by atoms with Gasteiger partial charge in [0.2, 0.25) is 0 Å². The van der Waals surface area contributed by atoms with Crippen LogP contribution in [0.1, 0.15) is 30.5 Å². The van der Waals surface area contributed by atoms with Crippen LogP contribution in [0.4, 0.5) is 0 Å². The molecule has 0 saturated carbocycles. The van der Waals surface area contributed by atoms with E-state index >= 15 is 0 Å². The molecule has 1 N–H and O–H groups in total. The Balaban J connectivity index is 1.18. The fourth-order valence-corrected chi connectivity index (χ4v) is 4.69. The molecule has 1 aromatic carbocycles. The number of hydrogen-bond acceptors (Lipinski definition) is 4. The maximum atomic E-state index is 4.39. The first-order valence-corrected chi connectivity index (χ1v) is 11.6. The second-order valence-electron chi connectivity index (χ2n) is 8.88. The van der Waals surface area contributed by atoms with E-state index in [-0.39, 0.29) is 0 Å². The molecule has 166 valence electrons. The molecular formula is C26H27N7. The number of aromatic nitrogens is 6. The fraction of sp³-hybridized carbons (Fsp3) is 0.269. The van der Waals surface area contributed by atoms with Gasteiger partial charge in [0, 0.05) is 41.9 Å².